The van der Waals surface area contributed by atoms with Crippen LogP contribution in [-0.2, 0) is 4.79 Å². The fourth-order valence-corrected chi connectivity index (χ4v) is 1.11. The van der Waals surface area contributed by atoms with Crippen molar-refractivity contribution < 1.29 is 14.7 Å². The predicted octanol–water partition coefficient (Wildman–Crippen LogP) is 0.662. The number of carbonyl (C=O) groups excluding carboxylic acids is 2. The van der Waals surface area contributed by atoms with Gasteiger partial charge in [-0.05, 0) is 18.2 Å². The van der Waals surface area contributed by atoms with Crippen molar-refractivity contribution in [1.29, 1.82) is 0 Å². The number of rotatable bonds is 3. The maximum absolute atomic E-state index is 11.6. The average molecular weight is 208 g/mol. The first-order valence-electron chi connectivity index (χ1n) is 4.31. The van der Waals surface area contributed by atoms with Crippen LogP contribution in [0.5, 0.6) is 5.75 Å². The van der Waals surface area contributed by atoms with Gasteiger partial charge in [0.2, 0.25) is 6.41 Å². The lowest BCUT2D eigenvalue weighted by molar-refractivity contribution is -0.105. The Morgan fingerprint density at radius 3 is 2.67 bits per heavy atom. The Morgan fingerprint density at radius 2 is 2.13 bits per heavy atom. The van der Waals surface area contributed by atoms with Crippen LogP contribution in [0, 0.1) is 0 Å². The van der Waals surface area contributed by atoms with Crippen LogP contribution in [0.4, 0.5) is 5.69 Å². The molecule has 0 aliphatic carbocycles. The van der Waals surface area contributed by atoms with Gasteiger partial charge >= 0.3 is 0 Å². The molecule has 0 heterocycles. The molecule has 0 fully saturated rings. The van der Waals surface area contributed by atoms with Gasteiger partial charge in [-0.15, -0.1) is 0 Å². The molecule has 0 aliphatic rings. The highest BCUT2D eigenvalue weighted by Gasteiger charge is 2.13. The zero-order valence-corrected chi connectivity index (χ0v) is 8.52. The zero-order chi connectivity index (χ0) is 11.4. The minimum Gasteiger partial charge on any atom is -0.507 e. The summed E-state index contributed by atoms with van der Waals surface area (Å²) < 4.78 is 0. The van der Waals surface area contributed by atoms with Gasteiger partial charge in [-0.2, -0.15) is 0 Å². The summed E-state index contributed by atoms with van der Waals surface area (Å²) >= 11 is 0. The highest BCUT2D eigenvalue weighted by molar-refractivity contribution is 5.97. The van der Waals surface area contributed by atoms with Crippen molar-refractivity contribution in [3.63, 3.8) is 0 Å². The number of carbonyl (C=O) groups is 2. The lowest BCUT2D eigenvalue weighted by Crippen LogP contribution is -2.21. The van der Waals surface area contributed by atoms with Crippen molar-refractivity contribution in [2.45, 2.75) is 0 Å². The lowest BCUT2D eigenvalue weighted by atomic mass is 10.1. The molecule has 0 bridgehead atoms. The van der Waals surface area contributed by atoms with Gasteiger partial charge in [-0.3, -0.25) is 9.59 Å². The van der Waals surface area contributed by atoms with E-state index in [9.17, 15) is 14.7 Å². The molecular formula is C10H12N2O3. The molecule has 1 aromatic rings. The SMILES string of the molecule is CN(C)C(=O)c1cc(NC=O)ccc1O. The van der Waals surface area contributed by atoms with Gasteiger partial charge < -0.3 is 15.3 Å². The Bertz CT molecular complexity index is 388. The number of phenols is 1. The normalized spacial score (nSPS) is 9.47. The van der Waals surface area contributed by atoms with Crippen molar-refractivity contribution in [2.24, 2.45) is 0 Å². The Kier molecular flexibility index (Phi) is 3.28. The van der Waals surface area contributed by atoms with E-state index in [2.05, 4.69) is 5.32 Å². The van der Waals surface area contributed by atoms with Crippen molar-refractivity contribution in [3.8, 4) is 5.75 Å². The van der Waals surface area contributed by atoms with Crippen LogP contribution in [-0.4, -0.2) is 36.4 Å². The van der Waals surface area contributed by atoms with E-state index in [0.29, 0.717) is 12.1 Å². The average Bonchev–Trinajstić information content (AvgIpc) is 2.20. The number of benzene rings is 1. The zero-order valence-electron chi connectivity index (χ0n) is 8.52. The van der Waals surface area contributed by atoms with E-state index in [1.165, 1.54) is 23.1 Å². The number of hydrogen-bond donors (Lipinski definition) is 2. The standard InChI is InChI=1S/C10H12N2O3/c1-12(2)10(15)8-5-7(11-6-13)3-4-9(8)14/h3-6,14H,1-2H3,(H,11,13). The van der Waals surface area contributed by atoms with Crippen LogP contribution < -0.4 is 5.32 Å². The molecule has 1 rings (SSSR count). The monoisotopic (exact) mass is 208 g/mol. The van der Waals surface area contributed by atoms with Crippen molar-refractivity contribution in [1.82, 2.24) is 4.90 Å². The molecule has 80 valence electrons. The quantitative estimate of drug-likeness (QED) is 0.566. The minimum atomic E-state index is -0.318. The Morgan fingerprint density at radius 1 is 1.47 bits per heavy atom. The summed E-state index contributed by atoms with van der Waals surface area (Å²) in [6.45, 7) is 0. The van der Waals surface area contributed by atoms with Gasteiger partial charge in [0, 0.05) is 19.8 Å². The molecule has 0 unspecified atom stereocenters. The first-order chi connectivity index (χ1) is 7.06. The number of phenolic OH excluding ortho intramolecular Hbond substituents is 1. The van der Waals surface area contributed by atoms with Crippen molar-refractivity contribution in [3.05, 3.63) is 23.8 Å². The smallest absolute Gasteiger partial charge is 0.257 e. The van der Waals surface area contributed by atoms with E-state index in [1.807, 2.05) is 0 Å². The number of hydrogen-bond acceptors (Lipinski definition) is 3. The molecule has 0 saturated heterocycles. The molecule has 5 nitrogen and oxygen atoms in total. The molecule has 0 radical (unpaired) electrons. The second-order valence-corrected chi connectivity index (χ2v) is 3.19. The third-order valence-electron chi connectivity index (χ3n) is 1.86. The number of nitrogens with one attached hydrogen (secondary N) is 1. The van der Waals surface area contributed by atoms with Gasteiger partial charge in [0.25, 0.3) is 5.91 Å². The van der Waals surface area contributed by atoms with E-state index in [0.717, 1.165) is 0 Å². The van der Waals surface area contributed by atoms with Gasteiger partial charge in [0.05, 0.1) is 5.56 Å². The highest BCUT2D eigenvalue weighted by Crippen LogP contribution is 2.22. The Hall–Kier alpha value is -2.04. The maximum atomic E-state index is 11.6. The third kappa shape index (κ3) is 2.46. The molecule has 5 heteroatoms. The topological polar surface area (TPSA) is 69.6 Å². The number of anilines is 1. The van der Waals surface area contributed by atoms with Crippen molar-refractivity contribution in [2.75, 3.05) is 19.4 Å². The van der Waals surface area contributed by atoms with Gasteiger partial charge in [-0.1, -0.05) is 0 Å². The Balaban J connectivity index is 3.10. The summed E-state index contributed by atoms with van der Waals surface area (Å²) in [5, 5.41) is 11.9. The summed E-state index contributed by atoms with van der Waals surface area (Å²) in [5.74, 6) is -0.424. The van der Waals surface area contributed by atoms with Crippen molar-refractivity contribution >= 4 is 18.0 Å². The molecule has 0 spiro atoms. The highest BCUT2D eigenvalue weighted by atomic mass is 16.3. The molecule has 1 aromatic carbocycles. The Labute approximate surface area is 87.3 Å². The van der Waals surface area contributed by atoms with Crippen LogP contribution in [0.15, 0.2) is 18.2 Å². The lowest BCUT2D eigenvalue weighted by Gasteiger charge is -2.12. The van der Waals surface area contributed by atoms with Crippen LogP contribution in [0.2, 0.25) is 0 Å². The summed E-state index contributed by atoms with van der Waals surface area (Å²) in [5.41, 5.74) is 0.625. The third-order valence-corrected chi connectivity index (χ3v) is 1.86. The minimum absolute atomic E-state index is 0.106. The summed E-state index contributed by atoms with van der Waals surface area (Å²) in [6.07, 6.45) is 0.510. The second kappa shape index (κ2) is 4.45. The molecule has 2 amide bonds. The molecule has 15 heavy (non-hydrogen) atoms. The first-order valence-corrected chi connectivity index (χ1v) is 4.31. The molecule has 0 saturated carbocycles. The molecule has 2 N–H and O–H groups in total. The molecule has 0 aromatic heterocycles. The predicted molar refractivity (Wildman–Crippen MR) is 55.8 cm³/mol. The summed E-state index contributed by atoms with van der Waals surface area (Å²) in [6, 6.07) is 4.30. The summed E-state index contributed by atoms with van der Waals surface area (Å²) in [4.78, 5) is 23.1. The van der Waals surface area contributed by atoms with Gasteiger partial charge in [-0.25, -0.2) is 0 Å². The number of aromatic hydroxyl groups is 1. The maximum Gasteiger partial charge on any atom is 0.257 e. The first kappa shape index (κ1) is 11.0. The molecular weight excluding hydrogens is 196 g/mol. The van der Waals surface area contributed by atoms with Crippen LogP contribution in [0.1, 0.15) is 10.4 Å². The second-order valence-electron chi connectivity index (χ2n) is 3.19. The number of amides is 2. The molecule has 0 aliphatic heterocycles. The van der Waals surface area contributed by atoms with E-state index in [4.69, 9.17) is 0 Å². The van der Waals surface area contributed by atoms with E-state index < -0.39 is 0 Å². The number of nitrogens with zero attached hydrogens (tertiary/aromatic N) is 1. The fraction of sp³-hybridized carbons (Fsp3) is 0.200. The molecule has 0 atom stereocenters. The van der Waals surface area contributed by atoms with Gasteiger partial charge in [0.15, 0.2) is 0 Å². The van der Waals surface area contributed by atoms with E-state index in [-0.39, 0.29) is 17.2 Å². The van der Waals surface area contributed by atoms with Gasteiger partial charge in [0.1, 0.15) is 5.75 Å². The van der Waals surface area contributed by atoms with Crippen LogP contribution >= 0.6 is 0 Å². The summed E-state index contributed by atoms with van der Waals surface area (Å²) in [7, 11) is 3.17. The van der Waals surface area contributed by atoms with Crippen LogP contribution in [0.25, 0.3) is 0 Å². The largest absolute Gasteiger partial charge is 0.507 e. The fourth-order valence-electron chi connectivity index (χ4n) is 1.11. The van der Waals surface area contributed by atoms with Crippen LogP contribution in [0.3, 0.4) is 0 Å². The van der Waals surface area contributed by atoms with E-state index in [1.54, 1.807) is 14.1 Å². The van der Waals surface area contributed by atoms with E-state index >= 15 is 0 Å².